The summed E-state index contributed by atoms with van der Waals surface area (Å²) in [6.07, 6.45) is 9.21. The van der Waals surface area contributed by atoms with Crippen LogP contribution in [0.2, 0.25) is 0 Å². The Kier molecular flexibility index (Phi) is 5.97. The van der Waals surface area contributed by atoms with Gasteiger partial charge >= 0.3 is 0 Å². The second-order valence-corrected chi connectivity index (χ2v) is 8.43. The van der Waals surface area contributed by atoms with Gasteiger partial charge in [0, 0.05) is 42.2 Å². The van der Waals surface area contributed by atoms with E-state index in [-0.39, 0.29) is 17.8 Å². The Balaban J connectivity index is 1.59. The second kappa shape index (κ2) is 8.81. The number of rotatable bonds is 4. The van der Waals surface area contributed by atoms with Crippen molar-refractivity contribution in [1.82, 2.24) is 14.9 Å². The van der Waals surface area contributed by atoms with Crippen LogP contribution < -0.4 is 11.5 Å². The number of carbonyl (C=O) groups excluding carboxylic acids is 2. The van der Waals surface area contributed by atoms with Crippen LogP contribution in [0.5, 0.6) is 0 Å². The van der Waals surface area contributed by atoms with E-state index in [1.54, 1.807) is 18.3 Å². The van der Waals surface area contributed by atoms with Gasteiger partial charge in [-0.05, 0) is 43.4 Å². The molecular weight excluding hydrogens is 378 g/mol. The third-order valence-corrected chi connectivity index (χ3v) is 6.39. The van der Waals surface area contributed by atoms with Crippen LogP contribution in [0.25, 0.3) is 11.1 Å². The van der Waals surface area contributed by atoms with E-state index in [1.165, 1.54) is 6.42 Å². The normalized spacial score (nSPS) is 20.1. The van der Waals surface area contributed by atoms with Gasteiger partial charge in [-0.15, -0.1) is 0 Å². The van der Waals surface area contributed by atoms with Crippen molar-refractivity contribution in [1.29, 1.82) is 0 Å². The van der Waals surface area contributed by atoms with Crippen LogP contribution in [0.4, 0.5) is 5.95 Å². The van der Waals surface area contributed by atoms with Crippen molar-refractivity contribution in [2.75, 3.05) is 18.8 Å². The van der Waals surface area contributed by atoms with Crippen LogP contribution in [-0.2, 0) is 4.79 Å². The molecular formula is C23H29N5O2. The number of hydrogen-bond acceptors (Lipinski definition) is 5. The van der Waals surface area contributed by atoms with Crippen molar-refractivity contribution in [3.8, 4) is 11.1 Å². The number of carbonyl (C=O) groups is 2. The molecule has 4 N–H and O–H groups in total. The number of nitrogens with zero attached hydrogens (tertiary/aromatic N) is 3. The lowest BCUT2D eigenvalue weighted by molar-refractivity contribution is -0.137. The van der Waals surface area contributed by atoms with Crippen LogP contribution in [-0.4, -0.2) is 39.8 Å². The molecule has 1 aliphatic carbocycles. The smallest absolute Gasteiger partial charge is 0.248 e. The molecule has 2 aliphatic rings. The van der Waals surface area contributed by atoms with Gasteiger partial charge in [0.05, 0.1) is 5.69 Å². The highest BCUT2D eigenvalue weighted by Crippen LogP contribution is 2.35. The van der Waals surface area contributed by atoms with Crippen molar-refractivity contribution in [3.05, 3.63) is 41.7 Å². The molecule has 1 saturated heterocycles. The zero-order valence-corrected chi connectivity index (χ0v) is 17.2. The predicted molar refractivity (Wildman–Crippen MR) is 116 cm³/mol. The Labute approximate surface area is 176 Å². The van der Waals surface area contributed by atoms with E-state index in [2.05, 4.69) is 9.97 Å². The number of primary amides is 1. The molecule has 1 aromatic heterocycles. The van der Waals surface area contributed by atoms with Crippen molar-refractivity contribution in [2.45, 2.75) is 50.9 Å². The van der Waals surface area contributed by atoms with Crippen LogP contribution in [0.3, 0.4) is 0 Å². The molecule has 30 heavy (non-hydrogen) atoms. The molecule has 158 valence electrons. The van der Waals surface area contributed by atoms with Crippen molar-refractivity contribution in [2.24, 2.45) is 11.7 Å². The number of aromatic nitrogens is 2. The number of likely N-dealkylation sites (tertiary alicyclic amines) is 1. The molecule has 2 amide bonds. The van der Waals surface area contributed by atoms with Crippen molar-refractivity contribution in [3.63, 3.8) is 0 Å². The molecule has 7 heteroatoms. The van der Waals surface area contributed by atoms with E-state index in [0.29, 0.717) is 18.0 Å². The van der Waals surface area contributed by atoms with Gasteiger partial charge in [0.1, 0.15) is 0 Å². The van der Waals surface area contributed by atoms with Crippen LogP contribution in [0.1, 0.15) is 66.9 Å². The topological polar surface area (TPSA) is 115 Å². The Morgan fingerprint density at radius 2 is 1.73 bits per heavy atom. The maximum absolute atomic E-state index is 13.1. The van der Waals surface area contributed by atoms with E-state index < -0.39 is 5.91 Å². The first kappa shape index (κ1) is 20.3. The first-order valence-corrected chi connectivity index (χ1v) is 10.8. The SMILES string of the molecule is NC(=O)c1ccc(-c2cnc(N)nc2[C@@H]2CCCN(C(=O)C3CCCCC3)C2)cc1. The number of amides is 2. The Hall–Kier alpha value is -2.96. The van der Waals surface area contributed by atoms with Crippen molar-refractivity contribution < 1.29 is 9.59 Å². The summed E-state index contributed by atoms with van der Waals surface area (Å²) in [4.78, 5) is 35.3. The van der Waals surface area contributed by atoms with Crippen LogP contribution >= 0.6 is 0 Å². The summed E-state index contributed by atoms with van der Waals surface area (Å²) in [7, 11) is 0. The minimum absolute atomic E-state index is 0.113. The van der Waals surface area contributed by atoms with Gasteiger partial charge in [0.25, 0.3) is 0 Å². The average Bonchev–Trinajstić information content (AvgIpc) is 2.79. The Morgan fingerprint density at radius 1 is 1.00 bits per heavy atom. The minimum Gasteiger partial charge on any atom is -0.368 e. The van der Waals surface area contributed by atoms with E-state index in [0.717, 1.165) is 61.9 Å². The van der Waals surface area contributed by atoms with Gasteiger partial charge in [0.15, 0.2) is 0 Å². The third kappa shape index (κ3) is 4.30. The highest BCUT2D eigenvalue weighted by atomic mass is 16.2. The zero-order chi connectivity index (χ0) is 21.1. The Morgan fingerprint density at radius 3 is 2.43 bits per heavy atom. The standard InChI is InChI=1S/C23H29N5O2/c24-21(29)16-10-8-15(9-11-16)19-13-26-23(25)27-20(19)18-7-4-12-28(14-18)22(30)17-5-2-1-3-6-17/h8-11,13,17-18H,1-7,12,14H2,(H2,24,29)(H2,25,26,27)/t18-/m1/s1. The molecule has 0 spiro atoms. The summed E-state index contributed by atoms with van der Waals surface area (Å²) in [6, 6.07) is 7.12. The zero-order valence-electron chi connectivity index (χ0n) is 17.2. The maximum Gasteiger partial charge on any atom is 0.248 e. The van der Waals surface area contributed by atoms with Gasteiger partial charge in [-0.1, -0.05) is 31.4 Å². The van der Waals surface area contributed by atoms with Gasteiger partial charge in [-0.2, -0.15) is 0 Å². The van der Waals surface area contributed by atoms with E-state index in [1.807, 2.05) is 17.0 Å². The molecule has 0 radical (unpaired) electrons. The van der Waals surface area contributed by atoms with Gasteiger partial charge < -0.3 is 16.4 Å². The quantitative estimate of drug-likeness (QED) is 0.808. The van der Waals surface area contributed by atoms with E-state index in [4.69, 9.17) is 11.5 Å². The molecule has 1 aliphatic heterocycles. The maximum atomic E-state index is 13.1. The molecule has 2 aromatic rings. The summed E-state index contributed by atoms with van der Waals surface area (Å²) < 4.78 is 0. The number of benzene rings is 1. The molecule has 2 heterocycles. The first-order chi connectivity index (χ1) is 14.5. The summed E-state index contributed by atoms with van der Waals surface area (Å²) in [6.45, 7) is 1.48. The predicted octanol–water partition coefficient (Wildman–Crippen LogP) is 3.11. The third-order valence-electron chi connectivity index (χ3n) is 6.39. The lowest BCUT2D eigenvalue weighted by Crippen LogP contribution is -2.43. The fourth-order valence-corrected chi connectivity index (χ4v) is 4.77. The second-order valence-electron chi connectivity index (χ2n) is 8.43. The highest BCUT2D eigenvalue weighted by Gasteiger charge is 2.32. The molecule has 0 bridgehead atoms. The summed E-state index contributed by atoms with van der Waals surface area (Å²) in [5, 5.41) is 0. The minimum atomic E-state index is -0.459. The van der Waals surface area contributed by atoms with Crippen LogP contribution in [0, 0.1) is 5.92 Å². The summed E-state index contributed by atoms with van der Waals surface area (Å²) >= 11 is 0. The van der Waals surface area contributed by atoms with Gasteiger partial charge in [-0.3, -0.25) is 9.59 Å². The number of nitrogen functional groups attached to an aromatic ring is 1. The lowest BCUT2D eigenvalue weighted by Gasteiger charge is -2.36. The number of anilines is 1. The van der Waals surface area contributed by atoms with Gasteiger partial charge in [0.2, 0.25) is 17.8 Å². The summed E-state index contributed by atoms with van der Waals surface area (Å²) in [5.74, 6) is 0.364. The van der Waals surface area contributed by atoms with E-state index >= 15 is 0 Å². The highest BCUT2D eigenvalue weighted by molar-refractivity contribution is 5.93. The van der Waals surface area contributed by atoms with Gasteiger partial charge in [-0.25, -0.2) is 9.97 Å². The molecule has 0 unspecified atom stereocenters. The molecule has 1 aromatic carbocycles. The number of nitrogens with two attached hydrogens (primary N) is 2. The fourth-order valence-electron chi connectivity index (χ4n) is 4.77. The molecule has 2 fully saturated rings. The average molecular weight is 408 g/mol. The molecule has 7 nitrogen and oxygen atoms in total. The summed E-state index contributed by atoms with van der Waals surface area (Å²) in [5.41, 5.74) is 14.4. The van der Waals surface area contributed by atoms with E-state index in [9.17, 15) is 9.59 Å². The molecule has 1 saturated carbocycles. The van der Waals surface area contributed by atoms with Crippen molar-refractivity contribution >= 4 is 17.8 Å². The first-order valence-electron chi connectivity index (χ1n) is 10.8. The fraction of sp³-hybridized carbons (Fsp3) is 0.478. The number of hydrogen-bond donors (Lipinski definition) is 2. The number of piperidine rings is 1. The Bertz CT molecular complexity index is 922. The lowest BCUT2D eigenvalue weighted by atomic mass is 9.86. The molecule has 1 atom stereocenters. The van der Waals surface area contributed by atoms with Crippen LogP contribution in [0.15, 0.2) is 30.5 Å². The largest absolute Gasteiger partial charge is 0.368 e. The molecule has 4 rings (SSSR count). The monoisotopic (exact) mass is 407 g/mol.